The number of nitrogens with two attached hydrogens (primary N) is 1. The number of anilines is 1. The molecule has 25 heavy (non-hydrogen) atoms. The number of alkyl halides is 3. The molecule has 2 heterocycles. The molecule has 5 N–H and O–H groups in total. The van der Waals surface area contributed by atoms with Gasteiger partial charge in [0, 0.05) is 18.7 Å². The van der Waals surface area contributed by atoms with Crippen LogP contribution in [-0.4, -0.2) is 57.8 Å². The molecule has 136 valence electrons. The largest absolute Gasteiger partial charge is 0.409 e. The second-order valence-corrected chi connectivity index (χ2v) is 5.93. The summed E-state index contributed by atoms with van der Waals surface area (Å²) in [5, 5.41) is 14.8. The standard InChI is InChI=1S/C15H19F3N6O/c16-15(17,18)11-5-2-7-24(11)8-6-20-14-21-10-4-1-3-9(12(10)22-14)13(19)23-25/h1,3-4,11,25H,2,5-8H2,(H2,19,23)(H2,20,21,22). The van der Waals surface area contributed by atoms with Crippen LogP contribution in [-0.2, 0) is 0 Å². The molecule has 1 aliphatic heterocycles. The minimum atomic E-state index is -4.19. The number of fused-ring (bicyclic) bond motifs is 1. The van der Waals surface area contributed by atoms with Crippen molar-refractivity contribution in [2.45, 2.75) is 25.1 Å². The van der Waals surface area contributed by atoms with E-state index in [0.29, 0.717) is 42.1 Å². The minimum Gasteiger partial charge on any atom is -0.409 e. The van der Waals surface area contributed by atoms with Crippen molar-refractivity contribution in [3.63, 3.8) is 0 Å². The van der Waals surface area contributed by atoms with Gasteiger partial charge in [-0.3, -0.25) is 4.90 Å². The van der Waals surface area contributed by atoms with Crippen LogP contribution in [0, 0.1) is 0 Å². The van der Waals surface area contributed by atoms with Crippen LogP contribution in [0.3, 0.4) is 0 Å². The van der Waals surface area contributed by atoms with Gasteiger partial charge in [-0.1, -0.05) is 11.2 Å². The lowest BCUT2D eigenvalue weighted by Gasteiger charge is -2.26. The van der Waals surface area contributed by atoms with Crippen LogP contribution in [0.25, 0.3) is 11.0 Å². The monoisotopic (exact) mass is 356 g/mol. The Kier molecular flexibility index (Phi) is 4.71. The fourth-order valence-electron chi connectivity index (χ4n) is 3.16. The van der Waals surface area contributed by atoms with E-state index in [1.54, 1.807) is 18.2 Å². The summed E-state index contributed by atoms with van der Waals surface area (Å²) < 4.78 is 38.8. The molecule has 1 aromatic heterocycles. The van der Waals surface area contributed by atoms with Gasteiger partial charge in [-0.25, -0.2) is 4.98 Å². The smallest absolute Gasteiger partial charge is 0.404 e. The molecule has 1 atom stereocenters. The van der Waals surface area contributed by atoms with Crippen molar-refractivity contribution in [2.75, 3.05) is 25.0 Å². The molecule has 10 heteroatoms. The summed E-state index contributed by atoms with van der Waals surface area (Å²) >= 11 is 0. The molecule has 0 aliphatic carbocycles. The van der Waals surface area contributed by atoms with Crippen LogP contribution in [0.2, 0.25) is 0 Å². The highest BCUT2D eigenvalue weighted by atomic mass is 19.4. The van der Waals surface area contributed by atoms with E-state index < -0.39 is 12.2 Å². The van der Waals surface area contributed by atoms with Crippen LogP contribution < -0.4 is 11.1 Å². The Labute approximate surface area is 141 Å². The van der Waals surface area contributed by atoms with Gasteiger partial charge in [0.2, 0.25) is 5.95 Å². The van der Waals surface area contributed by atoms with Gasteiger partial charge in [0.15, 0.2) is 5.84 Å². The van der Waals surface area contributed by atoms with E-state index in [-0.39, 0.29) is 18.8 Å². The van der Waals surface area contributed by atoms with Crippen molar-refractivity contribution >= 4 is 22.8 Å². The lowest BCUT2D eigenvalue weighted by Crippen LogP contribution is -2.43. The number of hydrogen-bond donors (Lipinski definition) is 4. The number of para-hydroxylation sites is 1. The zero-order chi connectivity index (χ0) is 18.0. The molecule has 0 radical (unpaired) electrons. The number of likely N-dealkylation sites (tertiary alicyclic amines) is 1. The van der Waals surface area contributed by atoms with E-state index in [9.17, 15) is 13.2 Å². The molecule has 2 aromatic rings. The van der Waals surface area contributed by atoms with Gasteiger partial charge in [0.05, 0.1) is 5.52 Å². The first-order chi connectivity index (χ1) is 11.9. The molecule has 1 saturated heterocycles. The molecule has 3 rings (SSSR count). The predicted molar refractivity (Wildman–Crippen MR) is 87.7 cm³/mol. The number of hydrogen-bond acceptors (Lipinski definition) is 5. The molecule has 0 bridgehead atoms. The summed E-state index contributed by atoms with van der Waals surface area (Å²) in [4.78, 5) is 8.80. The number of oxime groups is 1. The summed E-state index contributed by atoms with van der Waals surface area (Å²) in [6, 6.07) is 3.81. The molecule has 1 aliphatic rings. The number of nitrogens with one attached hydrogen (secondary N) is 2. The zero-order valence-electron chi connectivity index (χ0n) is 13.3. The van der Waals surface area contributed by atoms with E-state index in [0.717, 1.165) is 0 Å². The van der Waals surface area contributed by atoms with Gasteiger partial charge in [0.25, 0.3) is 0 Å². The SMILES string of the molecule is NC(=NO)c1cccc2[nH]c(NCCN3CCCC3C(F)(F)F)nc12. The Balaban J connectivity index is 1.66. The molecule has 7 nitrogen and oxygen atoms in total. The molecule has 1 fully saturated rings. The first-order valence-electron chi connectivity index (χ1n) is 7.91. The molecular weight excluding hydrogens is 337 g/mol. The van der Waals surface area contributed by atoms with Crippen LogP contribution in [0.15, 0.2) is 23.4 Å². The Morgan fingerprint density at radius 1 is 1.48 bits per heavy atom. The third-order valence-corrected chi connectivity index (χ3v) is 4.33. The van der Waals surface area contributed by atoms with E-state index in [4.69, 9.17) is 10.9 Å². The Hall–Kier alpha value is -2.49. The second kappa shape index (κ2) is 6.79. The summed E-state index contributed by atoms with van der Waals surface area (Å²) in [7, 11) is 0. The van der Waals surface area contributed by atoms with Gasteiger partial charge in [-0.15, -0.1) is 0 Å². The number of imidazole rings is 1. The van der Waals surface area contributed by atoms with Gasteiger partial charge >= 0.3 is 6.18 Å². The lowest BCUT2D eigenvalue weighted by atomic mass is 10.2. The Morgan fingerprint density at radius 2 is 2.28 bits per heavy atom. The minimum absolute atomic E-state index is 0.0614. The maximum Gasteiger partial charge on any atom is 0.404 e. The fraction of sp³-hybridized carbons (Fsp3) is 0.467. The maximum atomic E-state index is 12.9. The second-order valence-electron chi connectivity index (χ2n) is 5.93. The molecule has 1 unspecified atom stereocenters. The summed E-state index contributed by atoms with van der Waals surface area (Å²) in [6.07, 6.45) is -3.48. The average Bonchev–Trinajstić information content (AvgIpc) is 3.19. The lowest BCUT2D eigenvalue weighted by molar-refractivity contribution is -0.175. The molecule has 0 amide bonds. The van der Waals surface area contributed by atoms with Crippen molar-refractivity contribution in [1.82, 2.24) is 14.9 Å². The van der Waals surface area contributed by atoms with Crippen molar-refractivity contribution < 1.29 is 18.4 Å². The highest BCUT2D eigenvalue weighted by Gasteiger charge is 2.45. The topological polar surface area (TPSA) is 103 Å². The number of rotatable bonds is 5. The van der Waals surface area contributed by atoms with Gasteiger partial charge in [-0.2, -0.15) is 13.2 Å². The van der Waals surface area contributed by atoms with Gasteiger partial charge < -0.3 is 21.2 Å². The number of benzene rings is 1. The number of nitrogens with zero attached hydrogens (tertiary/aromatic N) is 3. The Morgan fingerprint density at radius 3 is 3.00 bits per heavy atom. The third kappa shape index (κ3) is 3.63. The summed E-state index contributed by atoms with van der Waals surface area (Å²) in [5.41, 5.74) is 7.30. The number of amidine groups is 1. The van der Waals surface area contributed by atoms with E-state index >= 15 is 0 Å². The summed E-state index contributed by atoms with van der Waals surface area (Å²) in [5.74, 6) is 0.365. The van der Waals surface area contributed by atoms with Crippen LogP contribution in [0.4, 0.5) is 19.1 Å². The van der Waals surface area contributed by atoms with E-state index in [2.05, 4.69) is 20.4 Å². The first-order valence-corrected chi connectivity index (χ1v) is 7.91. The van der Waals surface area contributed by atoms with E-state index in [1.807, 2.05) is 0 Å². The average molecular weight is 356 g/mol. The van der Waals surface area contributed by atoms with Crippen LogP contribution in [0.5, 0.6) is 0 Å². The van der Waals surface area contributed by atoms with Crippen molar-refractivity contribution in [2.24, 2.45) is 10.9 Å². The normalized spacial score (nSPS) is 19.6. The number of aromatic nitrogens is 2. The molecule has 0 saturated carbocycles. The van der Waals surface area contributed by atoms with Gasteiger partial charge in [0.1, 0.15) is 11.6 Å². The van der Waals surface area contributed by atoms with Crippen LogP contribution in [0.1, 0.15) is 18.4 Å². The third-order valence-electron chi connectivity index (χ3n) is 4.33. The fourth-order valence-corrected chi connectivity index (χ4v) is 3.16. The van der Waals surface area contributed by atoms with E-state index in [1.165, 1.54) is 4.90 Å². The van der Waals surface area contributed by atoms with Crippen LogP contribution >= 0.6 is 0 Å². The highest BCUT2D eigenvalue weighted by Crippen LogP contribution is 2.32. The Bertz CT molecular complexity index is 772. The van der Waals surface area contributed by atoms with Gasteiger partial charge in [-0.05, 0) is 31.5 Å². The maximum absolute atomic E-state index is 12.9. The highest BCUT2D eigenvalue weighted by molar-refractivity contribution is 6.07. The first kappa shape index (κ1) is 17.3. The van der Waals surface area contributed by atoms with Crippen molar-refractivity contribution in [3.8, 4) is 0 Å². The summed E-state index contributed by atoms with van der Waals surface area (Å²) in [6.45, 7) is 1.04. The number of halogens is 3. The zero-order valence-corrected chi connectivity index (χ0v) is 13.3. The quantitative estimate of drug-likeness (QED) is 0.284. The molecule has 1 aromatic carbocycles. The number of aromatic amines is 1. The van der Waals surface area contributed by atoms with Crippen molar-refractivity contribution in [1.29, 1.82) is 0 Å². The molecule has 0 spiro atoms. The van der Waals surface area contributed by atoms with Crippen molar-refractivity contribution in [3.05, 3.63) is 23.8 Å². The predicted octanol–water partition coefficient (Wildman–Crippen LogP) is 2.10. The number of H-pyrrole nitrogens is 1. The molecular formula is C15H19F3N6O.